The second-order valence-electron chi connectivity index (χ2n) is 2.93. The van der Waals surface area contributed by atoms with Gasteiger partial charge in [-0.15, -0.1) is 0 Å². The predicted octanol–water partition coefficient (Wildman–Crippen LogP) is 0.503. The Morgan fingerprint density at radius 2 is 2.33 bits per heavy atom. The number of anilines is 1. The molecule has 0 amide bonds. The van der Waals surface area contributed by atoms with Gasteiger partial charge in [0, 0.05) is 0 Å². The molecular formula is C8H8N4O3. The molecule has 1 unspecified atom stereocenters. The minimum atomic E-state index is -0.967. The number of carbonyl (C=O) groups is 1. The van der Waals surface area contributed by atoms with Gasteiger partial charge in [-0.2, -0.15) is 4.98 Å². The fraction of sp³-hybridized carbons (Fsp3) is 0.250. The van der Waals surface area contributed by atoms with Gasteiger partial charge in [0.05, 0.1) is 0 Å². The summed E-state index contributed by atoms with van der Waals surface area (Å²) in [6.07, 6.45) is 2.51. The molecule has 0 bridgehead atoms. The quantitative estimate of drug-likeness (QED) is 0.757. The zero-order valence-electron chi connectivity index (χ0n) is 7.84. The largest absolute Gasteiger partial charge is 0.480 e. The van der Waals surface area contributed by atoms with Gasteiger partial charge >= 0.3 is 5.97 Å². The SMILES string of the molecule is CC(Nc1ncnc2ocnc12)C(=O)O. The van der Waals surface area contributed by atoms with Crippen LogP contribution in [0.25, 0.3) is 11.2 Å². The highest BCUT2D eigenvalue weighted by Crippen LogP contribution is 2.17. The van der Waals surface area contributed by atoms with Crippen molar-refractivity contribution in [1.29, 1.82) is 0 Å². The molecule has 2 aromatic heterocycles. The van der Waals surface area contributed by atoms with Crippen LogP contribution < -0.4 is 5.32 Å². The van der Waals surface area contributed by atoms with Crippen molar-refractivity contribution in [2.24, 2.45) is 0 Å². The van der Waals surface area contributed by atoms with Gasteiger partial charge in [-0.3, -0.25) is 4.79 Å². The lowest BCUT2D eigenvalue weighted by Crippen LogP contribution is -2.26. The van der Waals surface area contributed by atoms with Crippen molar-refractivity contribution in [3.05, 3.63) is 12.7 Å². The Hall–Kier alpha value is -2.18. The summed E-state index contributed by atoms with van der Waals surface area (Å²) in [5.41, 5.74) is 0.746. The van der Waals surface area contributed by atoms with Crippen LogP contribution in [0.3, 0.4) is 0 Å². The molecule has 2 N–H and O–H groups in total. The number of hydrogen-bond acceptors (Lipinski definition) is 6. The molecule has 0 aromatic carbocycles. The smallest absolute Gasteiger partial charge is 0.325 e. The van der Waals surface area contributed by atoms with E-state index in [9.17, 15) is 4.79 Å². The van der Waals surface area contributed by atoms with Crippen LogP contribution in [0.5, 0.6) is 0 Å². The number of rotatable bonds is 3. The molecule has 7 nitrogen and oxygen atoms in total. The van der Waals surface area contributed by atoms with E-state index < -0.39 is 12.0 Å². The van der Waals surface area contributed by atoms with E-state index in [0.717, 1.165) is 0 Å². The zero-order valence-corrected chi connectivity index (χ0v) is 7.84. The van der Waals surface area contributed by atoms with E-state index >= 15 is 0 Å². The highest BCUT2D eigenvalue weighted by molar-refractivity contribution is 5.84. The number of oxazole rings is 1. The summed E-state index contributed by atoms with van der Waals surface area (Å²) in [5.74, 6) is -0.617. The molecule has 0 fully saturated rings. The Balaban J connectivity index is 2.35. The molecule has 2 aromatic rings. The van der Waals surface area contributed by atoms with Gasteiger partial charge in [0.25, 0.3) is 5.71 Å². The Labute approximate surface area is 84.2 Å². The van der Waals surface area contributed by atoms with E-state index in [1.807, 2.05) is 0 Å². The van der Waals surface area contributed by atoms with Crippen molar-refractivity contribution >= 4 is 23.0 Å². The van der Waals surface area contributed by atoms with E-state index in [0.29, 0.717) is 17.0 Å². The number of carboxylic acid groups (broad SMARTS) is 1. The number of hydrogen-bond donors (Lipinski definition) is 2. The first-order valence-electron chi connectivity index (χ1n) is 4.22. The van der Waals surface area contributed by atoms with Crippen molar-refractivity contribution in [1.82, 2.24) is 15.0 Å². The van der Waals surface area contributed by atoms with E-state index in [4.69, 9.17) is 9.52 Å². The monoisotopic (exact) mass is 208 g/mol. The van der Waals surface area contributed by atoms with Crippen molar-refractivity contribution < 1.29 is 14.3 Å². The summed E-state index contributed by atoms with van der Waals surface area (Å²) >= 11 is 0. The van der Waals surface area contributed by atoms with Crippen LogP contribution in [0.2, 0.25) is 0 Å². The highest BCUT2D eigenvalue weighted by atomic mass is 16.4. The molecular weight excluding hydrogens is 200 g/mol. The first-order chi connectivity index (χ1) is 7.18. The molecule has 0 aliphatic carbocycles. The van der Waals surface area contributed by atoms with Crippen LogP contribution in [-0.2, 0) is 4.79 Å². The molecule has 0 aliphatic rings. The average molecular weight is 208 g/mol. The van der Waals surface area contributed by atoms with Gasteiger partial charge in [-0.25, -0.2) is 9.97 Å². The maximum Gasteiger partial charge on any atom is 0.325 e. The zero-order chi connectivity index (χ0) is 10.8. The summed E-state index contributed by atoms with van der Waals surface area (Å²) in [6, 6.07) is -0.750. The van der Waals surface area contributed by atoms with E-state index in [1.54, 1.807) is 0 Å². The van der Waals surface area contributed by atoms with Crippen LogP contribution in [0.1, 0.15) is 6.92 Å². The molecule has 0 spiro atoms. The van der Waals surface area contributed by atoms with Crippen LogP contribution >= 0.6 is 0 Å². The topological polar surface area (TPSA) is 101 Å². The molecule has 0 aliphatic heterocycles. The van der Waals surface area contributed by atoms with E-state index in [1.165, 1.54) is 19.6 Å². The second kappa shape index (κ2) is 3.52. The first-order valence-corrected chi connectivity index (χ1v) is 4.22. The summed E-state index contributed by atoms with van der Waals surface area (Å²) in [6.45, 7) is 1.51. The van der Waals surface area contributed by atoms with E-state index in [2.05, 4.69) is 20.3 Å². The van der Waals surface area contributed by atoms with Gasteiger partial charge in [-0.05, 0) is 6.92 Å². The molecule has 0 saturated heterocycles. The second-order valence-corrected chi connectivity index (χ2v) is 2.93. The summed E-state index contributed by atoms with van der Waals surface area (Å²) in [4.78, 5) is 22.2. The van der Waals surface area contributed by atoms with Crippen LogP contribution in [0, 0.1) is 0 Å². The number of fused-ring (bicyclic) bond motifs is 1. The van der Waals surface area contributed by atoms with Gasteiger partial charge in [-0.1, -0.05) is 0 Å². The standard InChI is InChI=1S/C8H8N4O3/c1-4(8(13)14)12-6-5-7(10-2-9-6)15-3-11-5/h2-4H,1H3,(H,13,14)(H,9,10,12). The van der Waals surface area contributed by atoms with Crippen molar-refractivity contribution in [3.8, 4) is 0 Å². The maximum absolute atomic E-state index is 10.6. The Morgan fingerprint density at radius 1 is 1.53 bits per heavy atom. The normalized spacial score (nSPS) is 12.6. The number of aliphatic carboxylic acids is 1. The van der Waals surface area contributed by atoms with E-state index in [-0.39, 0.29) is 0 Å². The molecule has 0 saturated carbocycles. The lowest BCUT2D eigenvalue weighted by atomic mass is 10.3. The summed E-state index contributed by atoms with van der Waals surface area (Å²) < 4.78 is 4.95. The van der Waals surface area contributed by atoms with Gasteiger partial charge < -0.3 is 14.8 Å². The number of nitrogens with zero attached hydrogens (tertiary/aromatic N) is 3. The number of aromatic nitrogens is 3. The molecule has 1 atom stereocenters. The lowest BCUT2D eigenvalue weighted by Gasteiger charge is -2.08. The van der Waals surface area contributed by atoms with Crippen LogP contribution in [0.15, 0.2) is 17.1 Å². The Morgan fingerprint density at radius 3 is 3.07 bits per heavy atom. The van der Waals surface area contributed by atoms with Gasteiger partial charge in [0.1, 0.15) is 12.4 Å². The third kappa shape index (κ3) is 1.71. The fourth-order valence-corrected chi connectivity index (χ4v) is 1.07. The molecule has 78 valence electrons. The summed E-state index contributed by atoms with van der Waals surface area (Å²) in [7, 11) is 0. The third-order valence-corrected chi connectivity index (χ3v) is 1.86. The minimum absolute atomic E-state index is 0.324. The minimum Gasteiger partial charge on any atom is -0.480 e. The molecule has 2 rings (SSSR count). The van der Waals surface area contributed by atoms with Gasteiger partial charge in [0.2, 0.25) is 0 Å². The molecule has 7 heteroatoms. The van der Waals surface area contributed by atoms with Crippen molar-refractivity contribution in [2.45, 2.75) is 13.0 Å². The number of carboxylic acids is 1. The van der Waals surface area contributed by atoms with Gasteiger partial charge in [0.15, 0.2) is 17.7 Å². The summed E-state index contributed by atoms with van der Waals surface area (Å²) in [5, 5.41) is 11.4. The first kappa shape index (κ1) is 9.38. The van der Waals surface area contributed by atoms with Crippen LogP contribution in [-0.4, -0.2) is 32.1 Å². The Kier molecular flexibility index (Phi) is 2.20. The van der Waals surface area contributed by atoms with Crippen molar-refractivity contribution in [2.75, 3.05) is 5.32 Å². The third-order valence-electron chi connectivity index (χ3n) is 1.86. The average Bonchev–Trinajstić information content (AvgIpc) is 2.66. The van der Waals surface area contributed by atoms with Crippen LogP contribution in [0.4, 0.5) is 5.82 Å². The highest BCUT2D eigenvalue weighted by Gasteiger charge is 2.14. The fourth-order valence-electron chi connectivity index (χ4n) is 1.07. The maximum atomic E-state index is 10.6. The Bertz CT molecular complexity index is 495. The molecule has 0 radical (unpaired) electrons. The lowest BCUT2D eigenvalue weighted by molar-refractivity contribution is -0.137. The molecule has 2 heterocycles. The van der Waals surface area contributed by atoms with Crippen molar-refractivity contribution in [3.63, 3.8) is 0 Å². The molecule has 15 heavy (non-hydrogen) atoms. The predicted molar refractivity (Wildman–Crippen MR) is 50.3 cm³/mol. The number of nitrogens with one attached hydrogen (secondary N) is 1.